The summed E-state index contributed by atoms with van der Waals surface area (Å²) >= 11 is 0. The number of carbonyl (C=O) groups excluding carboxylic acids is 2. The van der Waals surface area contributed by atoms with Crippen LogP contribution in [-0.2, 0) is 16.0 Å². The number of hydrogen-bond donors (Lipinski definition) is 0. The van der Waals surface area contributed by atoms with Crippen LogP contribution < -0.4 is 9.47 Å². The average Bonchev–Trinajstić information content (AvgIpc) is 2.82. The van der Waals surface area contributed by atoms with Gasteiger partial charge in [-0.1, -0.05) is 52.4 Å². The number of methoxy groups -OCH3 is 2. The van der Waals surface area contributed by atoms with Gasteiger partial charge < -0.3 is 19.3 Å². The van der Waals surface area contributed by atoms with Crippen molar-refractivity contribution in [2.45, 2.75) is 91.0 Å². The standard InChI is InChI=1S/C27H44N2O4/c1-6-8-9-10-11-12-13-14-26(30)28(16-7-2)20-27(31)29-17-15-22-18-24(32-4)25(33-5)19-23(22)21(29)3/h18-19,21H,6-17,20H2,1-5H3. The van der Waals surface area contributed by atoms with Crippen LogP contribution in [0.4, 0.5) is 0 Å². The number of hydrogen-bond acceptors (Lipinski definition) is 4. The second-order valence-electron chi connectivity index (χ2n) is 9.11. The third-order valence-electron chi connectivity index (χ3n) is 6.67. The zero-order valence-electron chi connectivity index (χ0n) is 21.5. The highest BCUT2D eigenvalue weighted by atomic mass is 16.5. The fourth-order valence-electron chi connectivity index (χ4n) is 4.69. The van der Waals surface area contributed by atoms with E-state index in [9.17, 15) is 9.59 Å². The first-order chi connectivity index (χ1) is 16.0. The number of benzene rings is 1. The van der Waals surface area contributed by atoms with Gasteiger partial charge in [-0.3, -0.25) is 9.59 Å². The van der Waals surface area contributed by atoms with E-state index in [-0.39, 0.29) is 24.4 Å². The summed E-state index contributed by atoms with van der Waals surface area (Å²) in [4.78, 5) is 29.7. The Bertz CT molecular complexity index is 765. The molecule has 0 bridgehead atoms. The molecule has 0 radical (unpaired) electrons. The van der Waals surface area contributed by atoms with E-state index in [0.717, 1.165) is 31.2 Å². The Hall–Kier alpha value is -2.24. The molecule has 1 aliphatic heterocycles. The van der Waals surface area contributed by atoms with E-state index in [1.165, 1.54) is 37.7 Å². The van der Waals surface area contributed by atoms with Crippen LogP contribution in [0.1, 0.15) is 95.7 Å². The van der Waals surface area contributed by atoms with E-state index in [4.69, 9.17) is 9.47 Å². The van der Waals surface area contributed by atoms with Crippen LogP contribution in [0.25, 0.3) is 0 Å². The highest BCUT2D eigenvalue weighted by Crippen LogP contribution is 2.37. The van der Waals surface area contributed by atoms with Gasteiger partial charge in [0.25, 0.3) is 0 Å². The molecule has 0 aromatic heterocycles. The van der Waals surface area contributed by atoms with E-state index in [1.54, 1.807) is 19.1 Å². The molecule has 0 aliphatic carbocycles. The van der Waals surface area contributed by atoms with Crippen molar-refractivity contribution in [3.63, 3.8) is 0 Å². The minimum atomic E-state index is -0.0669. The molecule has 0 spiro atoms. The molecule has 6 heteroatoms. The molecule has 0 saturated heterocycles. The normalized spacial score (nSPS) is 15.2. The number of unbranched alkanes of at least 4 members (excludes halogenated alkanes) is 6. The summed E-state index contributed by atoms with van der Waals surface area (Å²) in [7, 11) is 3.26. The average molecular weight is 461 g/mol. The van der Waals surface area contributed by atoms with Crippen molar-refractivity contribution < 1.29 is 19.1 Å². The van der Waals surface area contributed by atoms with Gasteiger partial charge in [0, 0.05) is 19.5 Å². The lowest BCUT2D eigenvalue weighted by Gasteiger charge is -2.37. The minimum absolute atomic E-state index is 0.0179. The van der Waals surface area contributed by atoms with Crippen molar-refractivity contribution in [3.8, 4) is 11.5 Å². The molecule has 1 heterocycles. The van der Waals surface area contributed by atoms with Gasteiger partial charge in [0.05, 0.1) is 26.8 Å². The molecule has 1 aromatic carbocycles. The number of ether oxygens (including phenoxy) is 2. The van der Waals surface area contributed by atoms with Crippen LogP contribution in [0.15, 0.2) is 12.1 Å². The molecule has 1 unspecified atom stereocenters. The maximum atomic E-state index is 13.2. The first-order valence-corrected chi connectivity index (χ1v) is 12.8. The highest BCUT2D eigenvalue weighted by molar-refractivity contribution is 5.85. The molecule has 1 atom stereocenters. The maximum absolute atomic E-state index is 13.2. The summed E-state index contributed by atoms with van der Waals surface area (Å²) in [6, 6.07) is 3.93. The number of nitrogens with zero attached hydrogens (tertiary/aromatic N) is 2. The fourth-order valence-corrected chi connectivity index (χ4v) is 4.69. The third kappa shape index (κ3) is 7.65. The largest absolute Gasteiger partial charge is 0.493 e. The molecule has 1 aliphatic rings. The summed E-state index contributed by atoms with van der Waals surface area (Å²) in [6.45, 7) is 7.76. The van der Waals surface area contributed by atoms with Crippen LogP contribution in [0.2, 0.25) is 0 Å². The molecular formula is C27H44N2O4. The Balaban J connectivity index is 1.95. The summed E-state index contributed by atoms with van der Waals surface area (Å²) in [5.41, 5.74) is 2.27. The number of carbonyl (C=O) groups is 2. The van der Waals surface area contributed by atoms with Gasteiger partial charge in [0.1, 0.15) is 0 Å². The molecule has 0 saturated carbocycles. The maximum Gasteiger partial charge on any atom is 0.242 e. The summed E-state index contributed by atoms with van der Waals surface area (Å²) < 4.78 is 10.9. The monoisotopic (exact) mass is 460 g/mol. The van der Waals surface area contributed by atoms with E-state index in [0.29, 0.717) is 31.0 Å². The van der Waals surface area contributed by atoms with Gasteiger partial charge in [0.2, 0.25) is 11.8 Å². The SMILES string of the molecule is CCCCCCCCCC(=O)N(CCC)CC(=O)N1CCc2cc(OC)c(OC)cc2C1C. The van der Waals surface area contributed by atoms with Crippen LogP contribution >= 0.6 is 0 Å². The van der Waals surface area contributed by atoms with Crippen molar-refractivity contribution in [2.75, 3.05) is 33.9 Å². The van der Waals surface area contributed by atoms with Gasteiger partial charge in [-0.05, 0) is 49.4 Å². The smallest absolute Gasteiger partial charge is 0.242 e. The lowest BCUT2D eigenvalue weighted by molar-refractivity contribution is -0.142. The molecule has 6 nitrogen and oxygen atoms in total. The van der Waals surface area contributed by atoms with Crippen molar-refractivity contribution in [1.29, 1.82) is 0 Å². The van der Waals surface area contributed by atoms with Gasteiger partial charge in [-0.25, -0.2) is 0 Å². The molecular weight excluding hydrogens is 416 g/mol. The van der Waals surface area contributed by atoms with Crippen LogP contribution in [-0.4, -0.2) is 55.5 Å². The lowest BCUT2D eigenvalue weighted by Crippen LogP contribution is -2.46. The fraction of sp³-hybridized carbons (Fsp3) is 0.704. The summed E-state index contributed by atoms with van der Waals surface area (Å²) in [6.07, 6.45) is 10.4. The Morgan fingerprint density at radius 2 is 1.61 bits per heavy atom. The molecule has 186 valence electrons. The van der Waals surface area contributed by atoms with Crippen molar-refractivity contribution >= 4 is 11.8 Å². The second-order valence-corrected chi connectivity index (χ2v) is 9.11. The van der Waals surface area contributed by atoms with Gasteiger partial charge >= 0.3 is 0 Å². The lowest BCUT2D eigenvalue weighted by atomic mass is 9.92. The minimum Gasteiger partial charge on any atom is -0.493 e. The molecule has 2 rings (SSSR count). The van der Waals surface area contributed by atoms with Crippen molar-refractivity contribution in [3.05, 3.63) is 23.3 Å². The van der Waals surface area contributed by atoms with Crippen LogP contribution in [0, 0.1) is 0 Å². The van der Waals surface area contributed by atoms with Crippen molar-refractivity contribution in [1.82, 2.24) is 9.80 Å². The van der Waals surface area contributed by atoms with Crippen LogP contribution in [0.5, 0.6) is 11.5 Å². The first kappa shape index (κ1) is 27.0. The van der Waals surface area contributed by atoms with Crippen LogP contribution in [0.3, 0.4) is 0 Å². The van der Waals surface area contributed by atoms with E-state index >= 15 is 0 Å². The predicted molar refractivity (Wildman–Crippen MR) is 133 cm³/mol. The summed E-state index contributed by atoms with van der Waals surface area (Å²) in [5.74, 6) is 1.52. The molecule has 33 heavy (non-hydrogen) atoms. The van der Waals surface area contributed by atoms with Gasteiger partial charge in [-0.15, -0.1) is 0 Å². The molecule has 0 fully saturated rings. The molecule has 1 aromatic rings. The number of amides is 2. The van der Waals surface area contributed by atoms with Crippen molar-refractivity contribution in [2.24, 2.45) is 0 Å². The van der Waals surface area contributed by atoms with Gasteiger partial charge in [-0.2, -0.15) is 0 Å². The number of fused-ring (bicyclic) bond motifs is 1. The topological polar surface area (TPSA) is 59.1 Å². The quantitative estimate of drug-likeness (QED) is 0.343. The zero-order valence-corrected chi connectivity index (χ0v) is 21.5. The predicted octanol–water partition coefficient (Wildman–Crippen LogP) is 5.53. The Morgan fingerprint density at radius 3 is 2.24 bits per heavy atom. The third-order valence-corrected chi connectivity index (χ3v) is 6.67. The second kappa shape index (κ2) is 14.1. The van der Waals surface area contributed by atoms with Gasteiger partial charge in [0.15, 0.2) is 11.5 Å². The Kier molecular flexibility index (Phi) is 11.6. The van der Waals surface area contributed by atoms with E-state index in [2.05, 4.69) is 13.8 Å². The zero-order chi connectivity index (χ0) is 24.2. The Morgan fingerprint density at radius 1 is 0.970 bits per heavy atom. The first-order valence-electron chi connectivity index (χ1n) is 12.8. The highest BCUT2D eigenvalue weighted by Gasteiger charge is 2.30. The molecule has 0 N–H and O–H groups in total. The van der Waals surface area contributed by atoms with E-state index < -0.39 is 0 Å². The Labute approximate surface area is 200 Å². The molecule has 2 amide bonds. The summed E-state index contributed by atoms with van der Waals surface area (Å²) in [5, 5.41) is 0. The van der Waals surface area contributed by atoms with E-state index in [1.807, 2.05) is 24.0 Å². The number of rotatable bonds is 14.